The van der Waals surface area contributed by atoms with Gasteiger partial charge in [-0.3, -0.25) is 0 Å². The lowest BCUT2D eigenvalue weighted by Crippen LogP contribution is -2.24. The number of nitrogens with one attached hydrogen (secondary N) is 2. The van der Waals surface area contributed by atoms with Crippen molar-refractivity contribution in [1.82, 2.24) is 10.3 Å². The maximum atomic E-state index is 11.6. The lowest BCUT2D eigenvalue weighted by molar-refractivity contribution is 0.141. The van der Waals surface area contributed by atoms with Gasteiger partial charge in [-0.05, 0) is 23.3 Å². The summed E-state index contributed by atoms with van der Waals surface area (Å²) in [6.45, 7) is 0.685. The van der Waals surface area contributed by atoms with Crippen LogP contribution in [0.15, 0.2) is 65.3 Å². The van der Waals surface area contributed by atoms with E-state index in [9.17, 15) is 4.79 Å². The van der Waals surface area contributed by atoms with Gasteiger partial charge in [0.1, 0.15) is 6.61 Å². The highest BCUT2D eigenvalue weighted by molar-refractivity contribution is 9.10. The SMILES string of the molecule is O=C(NCC=Cc1c[nH]c2cc(Br)ccc12)OCc1ccccc1. The van der Waals surface area contributed by atoms with Crippen LogP contribution in [0.4, 0.5) is 4.79 Å². The largest absolute Gasteiger partial charge is 0.445 e. The summed E-state index contributed by atoms with van der Waals surface area (Å²) in [6.07, 6.45) is 5.39. The maximum Gasteiger partial charge on any atom is 0.407 e. The van der Waals surface area contributed by atoms with E-state index in [1.807, 2.05) is 60.8 Å². The van der Waals surface area contributed by atoms with Crippen LogP contribution < -0.4 is 5.32 Å². The van der Waals surface area contributed by atoms with E-state index >= 15 is 0 Å². The number of hydrogen-bond donors (Lipinski definition) is 2. The fourth-order valence-corrected chi connectivity index (χ4v) is 2.72. The Morgan fingerprint density at radius 1 is 1.21 bits per heavy atom. The highest BCUT2D eigenvalue weighted by atomic mass is 79.9. The first-order valence-electron chi connectivity index (χ1n) is 7.60. The Hall–Kier alpha value is -2.53. The minimum atomic E-state index is -0.425. The van der Waals surface area contributed by atoms with Gasteiger partial charge in [-0.2, -0.15) is 0 Å². The average Bonchev–Trinajstić information content (AvgIpc) is 3.00. The molecule has 0 saturated carbocycles. The molecule has 0 fully saturated rings. The third-order valence-corrected chi connectivity index (χ3v) is 4.04. The fraction of sp³-hybridized carbons (Fsp3) is 0.105. The van der Waals surface area contributed by atoms with Crippen molar-refractivity contribution in [3.8, 4) is 0 Å². The zero-order valence-electron chi connectivity index (χ0n) is 13.0. The van der Waals surface area contributed by atoms with Crippen LogP contribution in [0.1, 0.15) is 11.1 Å². The highest BCUT2D eigenvalue weighted by Gasteiger charge is 2.02. The number of rotatable bonds is 5. The minimum absolute atomic E-state index is 0.272. The van der Waals surface area contributed by atoms with Crippen molar-refractivity contribution in [2.45, 2.75) is 6.61 Å². The first kappa shape index (κ1) is 16.3. The summed E-state index contributed by atoms with van der Waals surface area (Å²) in [5.41, 5.74) is 3.12. The summed E-state index contributed by atoms with van der Waals surface area (Å²) in [5.74, 6) is 0. The maximum absolute atomic E-state index is 11.6. The van der Waals surface area contributed by atoms with Gasteiger partial charge >= 0.3 is 6.09 Å². The van der Waals surface area contributed by atoms with E-state index in [1.165, 1.54) is 0 Å². The molecule has 0 atom stereocenters. The number of ether oxygens (including phenoxy) is 1. The zero-order valence-corrected chi connectivity index (χ0v) is 14.5. The van der Waals surface area contributed by atoms with Gasteiger partial charge < -0.3 is 15.0 Å². The second kappa shape index (κ2) is 7.84. The molecule has 5 heteroatoms. The summed E-state index contributed by atoms with van der Waals surface area (Å²) in [7, 11) is 0. The van der Waals surface area contributed by atoms with Crippen LogP contribution >= 0.6 is 15.9 Å². The average molecular weight is 385 g/mol. The molecule has 4 nitrogen and oxygen atoms in total. The second-order valence-corrected chi connectivity index (χ2v) is 6.19. The number of H-pyrrole nitrogens is 1. The first-order chi connectivity index (χ1) is 11.7. The van der Waals surface area contributed by atoms with Gasteiger partial charge in [-0.1, -0.05) is 64.5 Å². The number of carbonyl (C=O) groups is 1. The monoisotopic (exact) mass is 384 g/mol. The molecule has 2 aromatic carbocycles. The fourth-order valence-electron chi connectivity index (χ4n) is 2.36. The third-order valence-electron chi connectivity index (χ3n) is 3.55. The minimum Gasteiger partial charge on any atom is -0.445 e. The Labute approximate surface area is 148 Å². The van der Waals surface area contributed by atoms with E-state index in [1.54, 1.807) is 0 Å². The van der Waals surface area contributed by atoms with E-state index < -0.39 is 6.09 Å². The Morgan fingerprint density at radius 3 is 2.88 bits per heavy atom. The number of hydrogen-bond acceptors (Lipinski definition) is 2. The van der Waals surface area contributed by atoms with Gasteiger partial charge in [0.05, 0.1) is 0 Å². The smallest absolute Gasteiger partial charge is 0.407 e. The zero-order chi connectivity index (χ0) is 16.8. The third kappa shape index (κ3) is 4.26. The van der Waals surface area contributed by atoms with Crippen molar-refractivity contribution >= 4 is 39.0 Å². The Kier molecular flexibility index (Phi) is 5.33. The molecule has 0 unspecified atom stereocenters. The molecule has 24 heavy (non-hydrogen) atoms. The van der Waals surface area contributed by atoms with Crippen LogP contribution in [0.2, 0.25) is 0 Å². The summed E-state index contributed by atoms with van der Waals surface area (Å²) < 4.78 is 6.19. The molecule has 122 valence electrons. The van der Waals surface area contributed by atoms with Crippen molar-refractivity contribution in [1.29, 1.82) is 0 Å². The second-order valence-electron chi connectivity index (χ2n) is 5.28. The van der Waals surface area contributed by atoms with Crippen LogP contribution in [0.3, 0.4) is 0 Å². The number of halogens is 1. The molecule has 0 radical (unpaired) electrons. The highest BCUT2D eigenvalue weighted by Crippen LogP contribution is 2.23. The van der Waals surface area contributed by atoms with Crippen LogP contribution in [0, 0.1) is 0 Å². The molecule has 0 aliphatic rings. The van der Waals surface area contributed by atoms with E-state index in [-0.39, 0.29) is 6.61 Å². The van der Waals surface area contributed by atoms with Crippen LogP contribution in [0.25, 0.3) is 17.0 Å². The van der Waals surface area contributed by atoms with Gasteiger partial charge in [0.25, 0.3) is 0 Å². The van der Waals surface area contributed by atoms with Crippen LogP contribution in [-0.4, -0.2) is 17.6 Å². The van der Waals surface area contributed by atoms with Gasteiger partial charge in [-0.25, -0.2) is 4.79 Å². The molecule has 0 saturated heterocycles. The molecule has 3 aromatic rings. The molecule has 1 amide bonds. The van der Waals surface area contributed by atoms with Crippen molar-refractivity contribution in [2.75, 3.05) is 6.54 Å². The molecule has 3 rings (SSSR count). The number of aromatic nitrogens is 1. The van der Waals surface area contributed by atoms with Crippen molar-refractivity contribution in [3.05, 3.63) is 76.4 Å². The normalized spacial score (nSPS) is 11.0. The quantitative estimate of drug-likeness (QED) is 0.659. The van der Waals surface area contributed by atoms with Crippen molar-refractivity contribution < 1.29 is 9.53 Å². The lowest BCUT2D eigenvalue weighted by atomic mass is 10.1. The van der Waals surface area contributed by atoms with Gasteiger partial charge in [0.2, 0.25) is 0 Å². The van der Waals surface area contributed by atoms with E-state index in [0.29, 0.717) is 6.54 Å². The molecular formula is C19H17BrN2O2. The first-order valence-corrected chi connectivity index (χ1v) is 8.39. The molecule has 0 aliphatic carbocycles. The van der Waals surface area contributed by atoms with Gasteiger partial charge in [0.15, 0.2) is 0 Å². The molecule has 0 bridgehead atoms. The predicted octanol–water partition coefficient (Wildman–Crippen LogP) is 4.87. The number of fused-ring (bicyclic) bond motifs is 1. The summed E-state index contributed by atoms with van der Waals surface area (Å²) >= 11 is 3.45. The lowest BCUT2D eigenvalue weighted by Gasteiger charge is -2.05. The topological polar surface area (TPSA) is 54.1 Å². The van der Waals surface area contributed by atoms with Crippen molar-refractivity contribution in [2.24, 2.45) is 0 Å². The number of benzene rings is 2. The number of alkyl carbamates (subject to hydrolysis) is 1. The van der Waals surface area contributed by atoms with E-state index in [4.69, 9.17) is 4.74 Å². The number of amides is 1. The number of aromatic amines is 1. The molecule has 2 N–H and O–H groups in total. The molecule has 1 aromatic heterocycles. The summed E-state index contributed by atoms with van der Waals surface area (Å²) in [5, 5.41) is 3.85. The Bertz CT molecular complexity index is 856. The van der Waals surface area contributed by atoms with Gasteiger partial charge in [0, 0.05) is 28.1 Å². The van der Waals surface area contributed by atoms with Crippen molar-refractivity contribution in [3.63, 3.8) is 0 Å². The van der Waals surface area contributed by atoms with E-state index in [0.717, 1.165) is 26.5 Å². The molecule has 0 aliphatic heterocycles. The molecule has 1 heterocycles. The van der Waals surface area contributed by atoms with E-state index in [2.05, 4.69) is 32.3 Å². The van der Waals surface area contributed by atoms with Crippen LogP contribution in [0.5, 0.6) is 0 Å². The number of carbonyl (C=O) groups excluding carboxylic acids is 1. The molecular weight excluding hydrogens is 368 g/mol. The Morgan fingerprint density at radius 2 is 2.04 bits per heavy atom. The van der Waals surface area contributed by atoms with Gasteiger partial charge in [-0.15, -0.1) is 0 Å². The summed E-state index contributed by atoms with van der Waals surface area (Å²) in [6, 6.07) is 15.7. The van der Waals surface area contributed by atoms with Crippen LogP contribution in [-0.2, 0) is 11.3 Å². The standard InChI is InChI=1S/C19H17BrN2O2/c20-16-8-9-17-15(12-22-18(17)11-16)7-4-10-21-19(23)24-13-14-5-2-1-3-6-14/h1-9,11-12,22H,10,13H2,(H,21,23). The summed E-state index contributed by atoms with van der Waals surface area (Å²) in [4.78, 5) is 14.9. The Balaban J connectivity index is 1.48. The molecule has 0 spiro atoms. The predicted molar refractivity (Wildman–Crippen MR) is 99.7 cm³/mol.